The van der Waals surface area contributed by atoms with Gasteiger partial charge in [0.15, 0.2) is 11.5 Å². The summed E-state index contributed by atoms with van der Waals surface area (Å²) in [4.78, 5) is 0. The van der Waals surface area contributed by atoms with Crippen molar-refractivity contribution in [2.75, 3.05) is 13.7 Å². The van der Waals surface area contributed by atoms with Gasteiger partial charge in [0.25, 0.3) is 0 Å². The van der Waals surface area contributed by atoms with Crippen molar-refractivity contribution >= 4 is 0 Å². The first-order valence-electron chi connectivity index (χ1n) is 5.82. The van der Waals surface area contributed by atoms with Crippen molar-refractivity contribution in [1.29, 1.82) is 0 Å². The van der Waals surface area contributed by atoms with Gasteiger partial charge in [-0.2, -0.15) is 0 Å². The Balaban J connectivity index is 2.02. The van der Waals surface area contributed by atoms with Gasteiger partial charge in [-0.05, 0) is 38.4 Å². The predicted molar refractivity (Wildman–Crippen MR) is 64.1 cm³/mol. The van der Waals surface area contributed by atoms with Crippen LogP contribution in [0, 0.1) is 0 Å². The van der Waals surface area contributed by atoms with Crippen LogP contribution in [0.25, 0.3) is 0 Å². The summed E-state index contributed by atoms with van der Waals surface area (Å²) in [5.41, 5.74) is 0. The van der Waals surface area contributed by atoms with E-state index in [-0.39, 0.29) is 0 Å². The van der Waals surface area contributed by atoms with Gasteiger partial charge in [0, 0.05) is 6.04 Å². The van der Waals surface area contributed by atoms with Crippen LogP contribution in [0.2, 0.25) is 0 Å². The van der Waals surface area contributed by atoms with Crippen molar-refractivity contribution in [3.05, 3.63) is 24.3 Å². The molecule has 1 saturated heterocycles. The van der Waals surface area contributed by atoms with Crippen molar-refractivity contribution in [2.24, 2.45) is 0 Å². The minimum absolute atomic E-state index is 0.299. The van der Waals surface area contributed by atoms with Crippen LogP contribution in [0.1, 0.15) is 19.8 Å². The van der Waals surface area contributed by atoms with Crippen LogP contribution in [0.4, 0.5) is 0 Å². The van der Waals surface area contributed by atoms with Crippen LogP contribution in [0.15, 0.2) is 24.3 Å². The van der Waals surface area contributed by atoms with Crippen LogP contribution in [-0.4, -0.2) is 25.8 Å². The summed E-state index contributed by atoms with van der Waals surface area (Å²) in [6.45, 7) is 3.22. The van der Waals surface area contributed by atoms with Gasteiger partial charge >= 0.3 is 0 Å². The van der Waals surface area contributed by atoms with E-state index in [0.717, 1.165) is 30.9 Å². The minimum atomic E-state index is 0.299. The molecule has 0 amide bonds. The Kier molecular flexibility index (Phi) is 3.67. The van der Waals surface area contributed by atoms with E-state index < -0.39 is 0 Å². The molecule has 1 fully saturated rings. The van der Waals surface area contributed by atoms with Crippen LogP contribution < -0.4 is 14.8 Å². The van der Waals surface area contributed by atoms with Gasteiger partial charge in [-0.25, -0.2) is 0 Å². The Morgan fingerprint density at radius 1 is 1.25 bits per heavy atom. The zero-order valence-corrected chi connectivity index (χ0v) is 9.90. The molecule has 2 rings (SSSR count). The van der Waals surface area contributed by atoms with Crippen molar-refractivity contribution in [3.63, 3.8) is 0 Å². The van der Waals surface area contributed by atoms with E-state index in [9.17, 15) is 0 Å². The predicted octanol–water partition coefficient (Wildman–Crippen LogP) is 2.21. The number of nitrogens with one attached hydrogen (secondary N) is 1. The topological polar surface area (TPSA) is 30.5 Å². The van der Waals surface area contributed by atoms with Gasteiger partial charge in [-0.3, -0.25) is 0 Å². The second-order valence-corrected chi connectivity index (χ2v) is 4.27. The summed E-state index contributed by atoms with van der Waals surface area (Å²) in [7, 11) is 1.67. The maximum absolute atomic E-state index is 5.98. The van der Waals surface area contributed by atoms with Gasteiger partial charge in [0.2, 0.25) is 0 Å². The molecule has 1 aliphatic rings. The summed E-state index contributed by atoms with van der Waals surface area (Å²) >= 11 is 0. The summed E-state index contributed by atoms with van der Waals surface area (Å²) < 4.78 is 11.3. The molecule has 0 aromatic heterocycles. The molecule has 0 saturated carbocycles. The highest BCUT2D eigenvalue weighted by molar-refractivity contribution is 5.39. The number of piperidine rings is 1. The number of methoxy groups -OCH3 is 1. The van der Waals surface area contributed by atoms with Gasteiger partial charge in [-0.15, -0.1) is 0 Å². The third kappa shape index (κ3) is 2.67. The third-order valence-corrected chi connectivity index (χ3v) is 2.94. The van der Waals surface area contributed by atoms with Gasteiger partial charge < -0.3 is 14.8 Å². The minimum Gasteiger partial charge on any atom is -0.493 e. The van der Waals surface area contributed by atoms with E-state index in [1.165, 1.54) is 0 Å². The number of rotatable bonds is 3. The summed E-state index contributed by atoms with van der Waals surface area (Å²) in [5, 5.41) is 3.42. The molecule has 0 spiro atoms. The maximum Gasteiger partial charge on any atom is 0.161 e. The smallest absolute Gasteiger partial charge is 0.161 e. The number of hydrogen-bond acceptors (Lipinski definition) is 3. The Hall–Kier alpha value is -1.22. The molecule has 2 atom stereocenters. The Morgan fingerprint density at radius 3 is 2.69 bits per heavy atom. The number of ether oxygens (including phenoxy) is 2. The van der Waals surface area contributed by atoms with E-state index in [4.69, 9.17) is 9.47 Å². The maximum atomic E-state index is 5.98. The van der Waals surface area contributed by atoms with E-state index >= 15 is 0 Å². The lowest BCUT2D eigenvalue weighted by Gasteiger charge is -2.28. The molecular weight excluding hydrogens is 202 g/mol. The molecule has 0 radical (unpaired) electrons. The molecule has 1 aliphatic heterocycles. The standard InChI is InChI=1S/C13H19NO2/c1-10-9-11(7-8-14-10)16-13-6-4-3-5-12(13)15-2/h3-6,10-11,14H,7-9H2,1-2H3/t10-,11?/m0/s1. The molecule has 0 aliphatic carbocycles. The average molecular weight is 221 g/mol. The fourth-order valence-corrected chi connectivity index (χ4v) is 2.09. The highest BCUT2D eigenvalue weighted by Gasteiger charge is 2.20. The molecule has 16 heavy (non-hydrogen) atoms. The summed E-state index contributed by atoms with van der Waals surface area (Å²) in [5.74, 6) is 1.66. The van der Waals surface area contributed by atoms with Crippen molar-refractivity contribution in [2.45, 2.75) is 31.9 Å². The molecule has 3 nitrogen and oxygen atoms in total. The van der Waals surface area contributed by atoms with E-state index in [1.807, 2.05) is 24.3 Å². The van der Waals surface area contributed by atoms with Gasteiger partial charge in [0.1, 0.15) is 6.10 Å². The lowest BCUT2D eigenvalue weighted by Crippen LogP contribution is -2.40. The zero-order valence-electron chi connectivity index (χ0n) is 9.90. The second kappa shape index (κ2) is 5.21. The molecule has 1 heterocycles. The molecule has 1 aromatic rings. The fraction of sp³-hybridized carbons (Fsp3) is 0.538. The average Bonchev–Trinajstić information content (AvgIpc) is 2.30. The molecule has 1 unspecified atom stereocenters. The van der Waals surface area contributed by atoms with E-state index in [2.05, 4.69) is 12.2 Å². The summed E-state index contributed by atoms with van der Waals surface area (Å²) in [6.07, 6.45) is 2.41. The quantitative estimate of drug-likeness (QED) is 0.849. The number of hydrogen-bond donors (Lipinski definition) is 1. The molecular formula is C13H19NO2. The first-order chi connectivity index (χ1) is 7.79. The van der Waals surface area contributed by atoms with Crippen molar-refractivity contribution < 1.29 is 9.47 Å². The Labute approximate surface area is 96.8 Å². The van der Waals surface area contributed by atoms with Crippen molar-refractivity contribution in [1.82, 2.24) is 5.32 Å². The molecule has 1 aromatic carbocycles. The monoisotopic (exact) mass is 221 g/mol. The largest absolute Gasteiger partial charge is 0.493 e. The third-order valence-electron chi connectivity index (χ3n) is 2.94. The van der Waals surface area contributed by atoms with Gasteiger partial charge in [-0.1, -0.05) is 12.1 Å². The van der Waals surface area contributed by atoms with E-state index in [0.29, 0.717) is 12.1 Å². The molecule has 1 N–H and O–H groups in total. The summed E-state index contributed by atoms with van der Waals surface area (Å²) in [6, 6.07) is 8.36. The SMILES string of the molecule is COc1ccccc1OC1CCN[C@@H](C)C1. The zero-order chi connectivity index (χ0) is 11.4. The molecule has 3 heteroatoms. The lowest BCUT2D eigenvalue weighted by molar-refractivity contribution is 0.139. The number of para-hydroxylation sites is 2. The van der Waals surface area contributed by atoms with Crippen LogP contribution in [-0.2, 0) is 0 Å². The van der Waals surface area contributed by atoms with Crippen LogP contribution >= 0.6 is 0 Å². The highest BCUT2D eigenvalue weighted by Crippen LogP contribution is 2.28. The normalized spacial score (nSPS) is 25.1. The fourth-order valence-electron chi connectivity index (χ4n) is 2.09. The Morgan fingerprint density at radius 2 is 2.00 bits per heavy atom. The Bertz CT molecular complexity index is 340. The second-order valence-electron chi connectivity index (χ2n) is 4.27. The first kappa shape index (κ1) is 11.3. The van der Waals surface area contributed by atoms with E-state index in [1.54, 1.807) is 7.11 Å². The first-order valence-corrected chi connectivity index (χ1v) is 5.82. The molecule has 0 bridgehead atoms. The number of benzene rings is 1. The van der Waals surface area contributed by atoms with Crippen LogP contribution in [0.5, 0.6) is 11.5 Å². The highest BCUT2D eigenvalue weighted by atomic mass is 16.5. The van der Waals surface area contributed by atoms with Gasteiger partial charge in [0.05, 0.1) is 7.11 Å². The molecule has 88 valence electrons. The van der Waals surface area contributed by atoms with Crippen LogP contribution in [0.3, 0.4) is 0 Å². The lowest BCUT2D eigenvalue weighted by atomic mass is 10.0. The van der Waals surface area contributed by atoms with Crippen molar-refractivity contribution in [3.8, 4) is 11.5 Å².